The number of aromatic nitrogens is 1. The van der Waals surface area contributed by atoms with E-state index in [2.05, 4.69) is 15.9 Å². The number of pyridine rings is 1. The Morgan fingerprint density at radius 1 is 1.19 bits per heavy atom. The van der Waals surface area contributed by atoms with Gasteiger partial charge in [-0.3, -0.25) is 9.79 Å². The van der Waals surface area contributed by atoms with E-state index in [1.54, 1.807) is 0 Å². The number of nitriles is 1. The van der Waals surface area contributed by atoms with Gasteiger partial charge in [0.2, 0.25) is 5.91 Å². The number of nitrogens with zero attached hydrogens (tertiary/aromatic N) is 5. The van der Waals surface area contributed by atoms with Crippen LogP contribution in [0.25, 0.3) is 0 Å². The van der Waals surface area contributed by atoms with E-state index < -0.39 is 0 Å². The van der Waals surface area contributed by atoms with Crippen LogP contribution in [0.15, 0.2) is 11.1 Å². The number of anilines is 1. The summed E-state index contributed by atoms with van der Waals surface area (Å²) in [5.74, 6) is 1.92. The zero-order valence-corrected chi connectivity index (χ0v) is 20.9. The Balaban J connectivity index is 1.27. The summed E-state index contributed by atoms with van der Waals surface area (Å²) >= 11 is 0. The van der Waals surface area contributed by atoms with Crippen LogP contribution in [-0.2, 0) is 4.79 Å². The van der Waals surface area contributed by atoms with Gasteiger partial charge >= 0.3 is 0 Å². The van der Waals surface area contributed by atoms with Crippen molar-refractivity contribution >= 4 is 24.2 Å². The molecular formula is C28H36N6O2. The predicted octanol–water partition coefficient (Wildman–Crippen LogP) is 3.39. The summed E-state index contributed by atoms with van der Waals surface area (Å²) in [6.45, 7) is 2.15. The SMILES string of the molecule is N#Cc1cc(C(C=N)C=NC2CCC(O)C2)c(C2CC2)nc1N1CCN(C(=O)C2CC2)C(C2CC2)C1. The Kier molecular flexibility index (Phi) is 6.28. The number of hydrogen-bond donors (Lipinski definition) is 2. The number of carbonyl (C=O) groups excluding carboxylic acids is 1. The lowest BCUT2D eigenvalue weighted by Gasteiger charge is -2.43. The van der Waals surface area contributed by atoms with E-state index in [-0.39, 0.29) is 30.0 Å². The summed E-state index contributed by atoms with van der Waals surface area (Å²) in [4.78, 5) is 27.1. The standard InChI is InChI=1S/C28H36N6O2/c29-13-20-11-24(21(14-30)15-31-22-7-8-23(35)12-22)26(18-3-4-18)32-27(20)33-9-10-34(28(36)19-5-6-19)25(16-33)17-1-2-17/h11,14-15,17-19,21-23,25,30,35H,1-10,12,16H2. The van der Waals surface area contributed by atoms with Crippen LogP contribution in [0.2, 0.25) is 0 Å². The van der Waals surface area contributed by atoms with E-state index >= 15 is 0 Å². The van der Waals surface area contributed by atoms with Gasteiger partial charge in [0, 0.05) is 43.9 Å². The molecule has 1 amide bonds. The average Bonchev–Trinajstić information content (AvgIpc) is 3.76. The third kappa shape index (κ3) is 4.78. The molecule has 4 unspecified atom stereocenters. The van der Waals surface area contributed by atoms with Crippen LogP contribution in [-0.4, -0.2) is 71.1 Å². The highest BCUT2D eigenvalue weighted by Crippen LogP contribution is 2.45. The molecule has 0 bridgehead atoms. The molecule has 190 valence electrons. The number of amides is 1. The third-order valence-electron chi connectivity index (χ3n) is 8.61. The first kappa shape index (κ1) is 23.6. The van der Waals surface area contributed by atoms with Crippen molar-refractivity contribution in [3.05, 3.63) is 22.9 Å². The van der Waals surface area contributed by atoms with Crippen molar-refractivity contribution in [3.63, 3.8) is 0 Å². The van der Waals surface area contributed by atoms with E-state index in [4.69, 9.17) is 15.4 Å². The molecule has 36 heavy (non-hydrogen) atoms. The molecule has 2 N–H and O–H groups in total. The van der Waals surface area contributed by atoms with E-state index in [9.17, 15) is 15.2 Å². The smallest absolute Gasteiger partial charge is 0.226 e. The molecular weight excluding hydrogens is 452 g/mol. The summed E-state index contributed by atoms with van der Waals surface area (Å²) < 4.78 is 0. The van der Waals surface area contributed by atoms with Gasteiger partial charge in [-0.1, -0.05) is 0 Å². The highest BCUT2D eigenvalue weighted by molar-refractivity contribution is 5.90. The average molecular weight is 489 g/mol. The lowest BCUT2D eigenvalue weighted by Crippen LogP contribution is -2.57. The van der Waals surface area contributed by atoms with E-state index in [1.807, 2.05) is 12.3 Å². The Hall–Kier alpha value is -2.79. The first-order valence-corrected chi connectivity index (χ1v) is 13.8. The minimum absolute atomic E-state index is 0.100. The number of nitrogens with one attached hydrogen (secondary N) is 1. The number of rotatable bonds is 8. The van der Waals surface area contributed by atoms with Gasteiger partial charge in [-0.25, -0.2) is 4.98 Å². The van der Waals surface area contributed by atoms with Gasteiger partial charge in [0.05, 0.1) is 35.4 Å². The van der Waals surface area contributed by atoms with Gasteiger partial charge < -0.3 is 20.3 Å². The number of aliphatic hydroxyl groups is 1. The fraction of sp³-hybridized carbons (Fsp3) is 0.679. The fourth-order valence-corrected chi connectivity index (χ4v) is 6.03. The van der Waals surface area contributed by atoms with Crippen LogP contribution in [0.3, 0.4) is 0 Å². The zero-order chi connectivity index (χ0) is 24.8. The molecule has 8 nitrogen and oxygen atoms in total. The fourth-order valence-electron chi connectivity index (χ4n) is 6.03. The third-order valence-corrected chi connectivity index (χ3v) is 8.61. The minimum Gasteiger partial charge on any atom is -0.393 e. The first-order valence-electron chi connectivity index (χ1n) is 13.8. The van der Waals surface area contributed by atoms with Gasteiger partial charge in [0.25, 0.3) is 0 Å². The van der Waals surface area contributed by atoms with Crippen LogP contribution in [0, 0.1) is 28.6 Å². The topological polar surface area (TPSA) is 117 Å². The second-order valence-corrected chi connectivity index (χ2v) is 11.5. The summed E-state index contributed by atoms with van der Waals surface area (Å²) in [6.07, 6.45) is 11.8. The Morgan fingerprint density at radius 3 is 2.61 bits per heavy atom. The van der Waals surface area contributed by atoms with E-state index in [0.29, 0.717) is 42.8 Å². The monoisotopic (exact) mass is 488 g/mol. The minimum atomic E-state index is -0.320. The number of piperazine rings is 1. The van der Waals surface area contributed by atoms with Crippen LogP contribution < -0.4 is 4.90 Å². The largest absolute Gasteiger partial charge is 0.393 e. The van der Waals surface area contributed by atoms with Gasteiger partial charge in [0.1, 0.15) is 11.9 Å². The number of aliphatic imine (C=N–C) groups is 1. The van der Waals surface area contributed by atoms with E-state index in [1.165, 1.54) is 19.1 Å². The highest BCUT2D eigenvalue weighted by atomic mass is 16.3. The maximum Gasteiger partial charge on any atom is 0.226 e. The lowest BCUT2D eigenvalue weighted by molar-refractivity contribution is -0.135. The molecule has 2 heterocycles. The molecule has 0 aromatic carbocycles. The van der Waals surface area contributed by atoms with Crippen molar-refractivity contribution in [3.8, 4) is 6.07 Å². The van der Waals surface area contributed by atoms with Gasteiger partial charge in [0.15, 0.2) is 0 Å². The van der Waals surface area contributed by atoms with Crippen LogP contribution in [0.4, 0.5) is 5.82 Å². The zero-order valence-electron chi connectivity index (χ0n) is 20.9. The summed E-state index contributed by atoms with van der Waals surface area (Å²) in [6, 6.07) is 4.64. The molecule has 5 aliphatic rings. The number of aliphatic hydroxyl groups excluding tert-OH is 1. The van der Waals surface area contributed by atoms with Gasteiger partial charge in [-0.15, -0.1) is 0 Å². The Bertz CT molecular complexity index is 1100. The first-order chi connectivity index (χ1) is 17.6. The molecule has 0 spiro atoms. The summed E-state index contributed by atoms with van der Waals surface area (Å²) in [5, 5.41) is 28.0. The van der Waals surface area contributed by atoms with Crippen LogP contribution >= 0.6 is 0 Å². The van der Waals surface area contributed by atoms with Crippen molar-refractivity contribution in [2.75, 3.05) is 24.5 Å². The molecule has 8 heteroatoms. The maximum atomic E-state index is 12.9. The summed E-state index contributed by atoms with van der Waals surface area (Å²) in [7, 11) is 0. The molecule has 1 aromatic heterocycles. The lowest BCUT2D eigenvalue weighted by atomic mass is 9.95. The molecule has 4 saturated carbocycles. The van der Waals surface area contributed by atoms with Crippen molar-refractivity contribution < 1.29 is 9.90 Å². The maximum absolute atomic E-state index is 12.9. The molecule has 5 fully saturated rings. The molecule has 1 aliphatic heterocycles. The Morgan fingerprint density at radius 2 is 2.00 bits per heavy atom. The molecule has 6 rings (SSSR count). The van der Waals surface area contributed by atoms with Gasteiger partial charge in [-0.05, 0) is 75.3 Å². The second-order valence-electron chi connectivity index (χ2n) is 11.5. The van der Waals surface area contributed by atoms with Crippen molar-refractivity contribution in [2.24, 2.45) is 16.8 Å². The summed E-state index contributed by atoms with van der Waals surface area (Å²) in [5.41, 5.74) is 2.45. The molecule has 4 aliphatic carbocycles. The normalized spacial score (nSPS) is 29.4. The second kappa shape index (κ2) is 9.59. The van der Waals surface area contributed by atoms with Crippen molar-refractivity contribution in [1.82, 2.24) is 9.88 Å². The van der Waals surface area contributed by atoms with Crippen LogP contribution in [0.5, 0.6) is 0 Å². The molecule has 0 radical (unpaired) electrons. The van der Waals surface area contributed by atoms with Gasteiger partial charge in [-0.2, -0.15) is 5.26 Å². The Labute approximate surface area is 212 Å². The molecule has 1 saturated heterocycles. The van der Waals surface area contributed by atoms with Crippen molar-refractivity contribution in [1.29, 1.82) is 10.7 Å². The van der Waals surface area contributed by atoms with E-state index in [0.717, 1.165) is 62.1 Å². The molecule has 1 aromatic rings. The quantitative estimate of drug-likeness (QED) is 0.544. The molecule has 4 atom stereocenters. The number of carbonyl (C=O) groups is 1. The predicted molar refractivity (Wildman–Crippen MR) is 138 cm³/mol. The van der Waals surface area contributed by atoms with Crippen LogP contribution in [0.1, 0.15) is 86.4 Å². The number of hydrogen-bond acceptors (Lipinski definition) is 7. The highest BCUT2D eigenvalue weighted by Gasteiger charge is 2.45. The van der Waals surface area contributed by atoms with Crippen molar-refractivity contribution in [2.45, 2.75) is 87.8 Å².